The second-order valence-electron chi connectivity index (χ2n) is 4.47. The van der Waals surface area contributed by atoms with E-state index in [9.17, 15) is 4.79 Å². The van der Waals surface area contributed by atoms with Crippen molar-refractivity contribution >= 4 is 5.78 Å². The third kappa shape index (κ3) is 3.92. The zero-order valence-electron chi connectivity index (χ0n) is 9.01. The van der Waals surface area contributed by atoms with E-state index in [4.69, 9.17) is 10.5 Å². The van der Waals surface area contributed by atoms with Gasteiger partial charge in [-0.25, -0.2) is 0 Å². The van der Waals surface area contributed by atoms with Gasteiger partial charge in [0.05, 0.1) is 6.61 Å². The van der Waals surface area contributed by atoms with Crippen molar-refractivity contribution in [3.63, 3.8) is 0 Å². The maximum Gasteiger partial charge on any atom is 0.197 e. The number of carbonyl (C=O) groups is 1. The molecule has 3 heteroatoms. The van der Waals surface area contributed by atoms with Gasteiger partial charge in [-0.05, 0) is 39.2 Å². The molecule has 0 saturated heterocycles. The molecule has 1 aliphatic rings. The van der Waals surface area contributed by atoms with Gasteiger partial charge in [-0.1, -0.05) is 0 Å². The monoisotopic (exact) mass is 197 g/mol. The Balaban J connectivity index is 2.38. The summed E-state index contributed by atoms with van der Waals surface area (Å²) < 4.78 is 5.28. The van der Waals surface area contributed by atoms with Crippen LogP contribution in [0.4, 0.5) is 0 Å². The minimum absolute atomic E-state index is 0.0863. The lowest BCUT2D eigenvalue weighted by molar-refractivity contribution is -0.119. The molecule has 1 rings (SSSR count). The molecule has 0 aromatic rings. The number of hydrogen-bond donors (Lipinski definition) is 1. The molecule has 0 aromatic carbocycles. The number of Topliss-reactive ketones (excluding diaryl/α,β-unsaturated/α-hetero) is 1. The lowest BCUT2D eigenvalue weighted by Crippen LogP contribution is -2.32. The van der Waals surface area contributed by atoms with E-state index in [1.807, 2.05) is 19.9 Å². The third-order valence-corrected chi connectivity index (χ3v) is 2.21. The Morgan fingerprint density at radius 2 is 2.36 bits per heavy atom. The number of carbonyl (C=O) groups excluding carboxylic acids is 1. The van der Waals surface area contributed by atoms with Gasteiger partial charge in [-0.3, -0.25) is 4.79 Å². The van der Waals surface area contributed by atoms with Gasteiger partial charge in [0.2, 0.25) is 0 Å². The van der Waals surface area contributed by atoms with Crippen LogP contribution in [0.3, 0.4) is 0 Å². The first-order valence-electron chi connectivity index (χ1n) is 5.14. The first-order valence-corrected chi connectivity index (χ1v) is 5.14. The van der Waals surface area contributed by atoms with E-state index in [1.54, 1.807) is 0 Å². The highest BCUT2D eigenvalue weighted by Gasteiger charge is 2.17. The van der Waals surface area contributed by atoms with Crippen LogP contribution in [0, 0.1) is 0 Å². The molecule has 1 aliphatic heterocycles. The molecule has 14 heavy (non-hydrogen) atoms. The molecular formula is C11H19NO2. The van der Waals surface area contributed by atoms with Crippen LogP contribution in [-0.4, -0.2) is 17.9 Å². The van der Waals surface area contributed by atoms with Crippen molar-refractivity contribution < 1.29 is 9.53 Å². The van der Waals surface area contributed by atoms with Crippen LogP contribution < -0.4 is 5.73 Å². The zero-order chi connectivity index (χ0) is 10.6. The van der Waals surface area contributed by atoms with Crippen molar-refractivity contribution in [2.75, 3.05) is 6.61 Å². The van der Waals surface area contributed by atoms with Crippen LogP contribution in [-0.2, 0) is 9.53 Å². The van der Waals surface area contributed by atoms with Crippen molar-refractivity contribution in [2.45, 2.75) is 45.1 Å². The van der Waals surface area contributed by atoms with E-state index in [2.05, 4.69) is 0 Å². The van der Waals surface area contributed by atoms with Crippen LogP contribution in [0.15, 0.2) is 11.8 Å². The lowest BCUT2D eigenvalue weighted by Gasteiger charge is -2.19. The Morgan fingerprint density at radius 3 is 2.86 bits per heavy atom. The predicted molar refractivity (Wildman–Crippen MR) is 55.8 cm³/mol. The molecule has 0 spiro atoms. The van der Waals surface area contributed by atoms with Gasteiger partial charge in [0.25, 0.3) is 0 Å². The summed E-state index contributed by atoms with van der Waals surface area (Å²) in [4.78, 5) is 11.6. The average molecular weight is 197 g/mol. The van der Waals surface area contributed by atoms with Crippen molar-refractivity contribution in [3.8, 4) is 0 Å². The highest BCUT2D eigenvalue weighted by atomic mass is 16.5. The molecule has 3 nitrogen and oxygen atoms in total. The van der Waals surface area contributed by atoms with Crippen LogP contribution in [0.25, 0.3) is 0 Å². The summed E-state index contributed by atoms with van der Waals surface area (Å²) in [5.41, 5.74) is 5.53. The molecule has 0 radical (unpaired) electrons. The fraction of sp³-hybridized carbons (Fsp3) is 0.727. The zero-order valence-corrected chi connectivity index (χ0v) is 9.01. The Bertz CT molecular complexity index is 238. The number of rotatable bonds is 4. The fourth-order valence-electron chi connectivity index (χ4n) is 1.31. The summed E-state index contributed by atoms with van der Waals surface area (Å²) in [6.07, 6.45) is 5.03. The van der Waals surface area contributed by atoms with Gasteiger partial charge in [0.15, 0.2) is 11.5 Å². The van der Waals surface area contributed by atoms with Crippen molar-refractivity contribution in [1.82, 2.24) is 0 Å². The van der Waals surface area contributed by atoms with Gasteiger partial charge in [0.1, 0.15) is 0 Å². The fourth-order valence-corrected chi connectivity index (χ4v) is 1.31. The second-order valence-corrected chi connectivity index (χ2v) is 4.47. The Hall–Kier alpha value is -0.830. The van der Waals surface area contributed by atoms with Crippen LogP contribution >= 0.6 is 0 Å². The Morgan fingerprint density at radius 1 is 1.64 bits per heavy atom. The maximum absolute atomic E-state index is 11.6. The summed E-state index contributed by atoms with van der Waals surface area (Å²) in [5.74, 6) is 0.628. The molecule has 0 saturated carbocycles. The van der Waals surface area contributed by atoms with Crippen LogP contribution in [0.1, 0.15) is 39.5 Å². The topological polar surface area (TPSA) is 52.3 Å². The normalized spacial score (nSPS) is 17.2. The summed E-state index contributed by atoms with van der Waals surface area (Å²) in [7, 11) is 0. The molecule has 0 fully saturated rings. The minimum atomic E-state index is -0.273. The van der Waals surface area contributed by atoms with Gasteiger partial charge in [0, 0.05) is 12.0 Å². The highest BCUT2D eigenvalue weighted by molar-refractivity contribution is 5.93. The summed E-state index contributed by atoms with van der Waals surface area (Å²) in [5, 5.41) is 0. The molecule has 2 N–H and O–H groups in total. The van der Waals surface area contributed by atoms with E-state index in [0.29, 0.717) is 25.2 Å². The largest absolute Gasteiger partial charge is 0.490 e. The average Bonchev–Trinajstić information content (AvgIpc) is 2.14. The van der Waals surface area contributed by atoms with E-state index >= 15 is 0 Å². The predicted octanol–water partition coefficient (Wildman–Crippen LogP) is 1.77. The highest BCUT2D eigenvalue weighted by Crippen LogP contribution is 2.15. The second kappa shape index (κ2) is 4.60. The Labute approximate surface area is 85.3 Å². The molecule has 0 unspecified atom stereocenters. The summed E-state index contributed by atoms with van der Waals surface area (Å²) in [6, 6.07) is 0. The minimum Gasteiger partial charge on any atom is -0.490 e. The number of ether oxygens (including phenoxy) is 1. The quantitative estimate of drug-likeness (QED) is 0.747. The van der Waals surface area contributed by atoms with Gasteiger partial charge in [-0.2, -0.15) is 0 Å². The van der Waals surface area contributed by atoms with Crippen molar-refractivity contribution in [2.24, 2.45) is 5.73 Å². The van der Waals surface area contributed by atoms with E-state index in [1.165, 1.54) is 0 Å². The van der Waals surface area contributed by atoms with Gasteiger partial charge >= 0.3 is 0 Å². The molecule has 1 heterocycles. The molecule has 0 atom stereocenters. The molecule has 0 aliphatic carbocycles. The SMILES string of the molecule is CC(C)(N)CCC(=O)C1=CCCCO1. The van der Waals surface area contributed by atoms with Crippen molar-refractivity contribution in [3.05, 3.63) is 11.8 Å². The molecule has 0 amide bonds. The standard InChI is InChI=1S/C11H19NO2/c1-11(2,12)7-6-9(13)10-5-3-4-8-14-10/h5H,3-4,6-8,12H2,1-2H3. The first-order chi connectivity index (χ1) is 6.49. The van der Waals surface area contributed by atoms with E-state index < -0.39 is 0 Å². The van der Waals surface area contributed by atoms with E-state index in [0.717, 1.165) is 12.8 Å². The van der Waals surface area contributed by atoms with Gasteiger partial charge < -0.3 is 10.5 Å². The molecule has 80 valence electrons. The Kier molecular flexibility index (Phi) is 3.69. The number of nitrogens with two attached hydrogens (primary N) is 1. The smallest absolute Gasteiger partial charge is 0.197 e. The van der Waals surface area contributed by atoms with Crippen LogP contribution in [0.5, 0.6) is 0 Å². The maximum atomic E-state index is 11.6. The first kappa shape index (κ1) is 11.2. The lowest BCUT2D eigenvalue weighted by atomic mass is 9.97. The summed E-state index contributed by atoms with van der Waals surface area (Å²) in [6.45, 7) is 4.52. The number of allylic oxidation sites excluding steroid dienone is 2. The molecule has 0 bridgehead atoms. The molecular weight excluding hydrogens is 178 g/mol. The third-order valence-electron chi connectivity index (χ3n) is 2.21. The summed E-state index contributed by atoms with van der Waals surface area (Å²) >= 11 is 0. The molecule has 0 aromatic heterocycles. The van der Waals surface area contributed by atoms with Crippen molar-refractivity contribution in [1.29, 1.82) is 0 Å². The number of hydrogen-bond acceptors (Lipinski definition) is 3. The number of ketones is 1. The van der Waals surface area contributed by atoms with Crippen LogP contribution in [0.2, 0.25) is 0 Å². The van der Waals surface area contributed by atoms with Gasteiger partial charge in [-0.15, -0.1) is 0 Å². The van der Waals surface area contributed by atoms with E-state index in [-0.39, 0.29) is 11.3 Å².